The zero-order valence-corrected chi connectivity index (χ0v) is 36.8. The van der Waals surface area contributed by atoms with E-state index < -0.39 is 6.10 Å². The number of carbonyl (C=O) groups is 3. The Morgan fingerprint density at radius 2 is 0.704 bits per heavy atom. The average molecular weight is 765 g/mol. The van der Waals surface area contributed by atoms with Crippen LogP contribution in [0.5, 0.6) is 0 Å². The lowest BCUT2D eigenvalue weighted by Gasteiger charge is -2.18. The van der Waals surface area contributed by atoms with Crippen molar-refractivity contribution < 1.29 is 28.6 Å². The van der Waals surface area contributed by atoms with Crippen molar-refractivity contribution in [3.63, 3.8) is 0 Å². The second-order valence-corrected chi connectivity index (χ2v) is 17.1. The van der Waals surface area contributed by atoms with Crippen LogP contribution in [0.25, 0.3) is 0 Å². The van der Waals surface area contributed by atoms with Crippen LogP contribution in [0.2, 0.25) is 0 Å². The summed E-state index contributed by atoms with van der Waals surface area (Å²) in [5.41, 5.74) is 0. The molecule has 0 amide bonds. The number of carbonyl (C=O) groups excluding carboxylic acids is 3. The highest BCUT2D eigenvalue weighted by Gasteiger charge is 2.19. The van der Waals surface area contributed by atoms with Crippen LogP contribution in [0, 0.1) is 11.8 Å². The molecule has 0 aliphatic rings. The Morgan fingerprint density at radius 1 is 0.389 bits per heavy atom. The van der Waals surface area contributed by atoms with E-state index in [4.69, 9.17) is 14.2 Å². The highest BCUT2D eigenvalue weighted by Crippen LogP contribution is 2.17. The number of ether oxygens (including phenoxy) is 3. The topological polar surface area (TPSA) is 78.9 Å². The van der Waals surface area contributed by atoms with Gasteiger partial charge in [-0.1, -0.05) is 221 Å². The van der Waals surface area contributed by atoms with Gasteiger partial charge in [-0.05, 0) is 31.1 Å². The van der Waals surface area contributed by atoms with E-state index in [1.165, 1.54) is 148 Å². The molecule has 0 radical (unpaired) electrons. The van der Waals surface area contributed by atoms with Crippen LogP contribution in [-0.4, -0.2) is 37.2 Å². The summed E-state index contributed by atoms with van der Waals surface area (Å²) in [5.74, 6) is 0.824. The van der Waals surface area contributed by atoms with Crippen molar-refractivity contribution in [2.45, 2.75) is 265 Å². The molecule has 0 aromatic heterocycles. The van der Waals surface area contributed by atoms with Gasteiger partial charge < -0.3 is 14.2 Å². The van der Waals surface area contributed by atoms with Gasteiger partial charge in [0.15, 0.2) is 6.10 Å². The van der Waals surface area contributed by atoms with Crippen LogP contribution in [0.4, 0.5) is 0 Å². The fourth-order valence-corrected chi connectivity index (χ4v) is 7.07. The van der Waals surface area contributed by atoms with Crippen molar-refractivity contribution in [3.05, 3.63) is 0 Å². The molecule has 0 bridgehead atoms. The zero-order valence-electron chi connectivity index (χ0n) is 36.8. The third-order valence-electron chi connectivity index (χ3n) is 11.1. The molecule has 0 aromatic carbocycles. The second kappa shape index (κ2) is 41.1. The molecule has 0 spiro atoms. The summed E-state index contributed by atoms with van der Waals surface area (Å²) in [6.45, 7) is 11.3. The van der Waals surface area contributed by atoms with Gasteiger partial charge in [-0.3, -0.25) is 14.4 Å². The predicted molar refractivity (Wildman–Crippen MR) is 229 cm³/mol. The van der Waals surface area contributed by atoms with Gasteiger partial charge in [0.05, 0.1) is 0 Å². The van der Waals surface area contributed by atoms with Gasteiger partial charge >= 0.3 is 17.9 Å². The minimum Gasteiger partial charge on any atom is -0.462 e. The molecule has 0 aromatic rings. The van der Waals surface area contributed by atoms with Crippen molar-refractivity contribution in [1.29, 1.82) is 0 Å². The quantitative estimate of drug-likeness (QED) is 0.0350. The van der Waals surface area contributed by atoms with E-state index >= 15 is 0 Å². The molecule has 6 heteroatoms. The first-order valence-corrected chi connectivity index (χ1v) is 23.8. The smallest absolute Gasteiger partial charge is 0.306 e. The lowest BCUT2D eigenvalue weighted by molar-refractivity contribution is -0.167. The Labute approximate surface area is 336 Å². The third-order valence-corrected chi connectivity index (χ3v) is 11.1. The van der Waals surface area contributed by atoms with Crippen molar-refractivity contribution in [2.75, 3.05) is 13.2 Å². The summed E-state index contributed by atoms with van der Waals surface area (Å²) in [6.07, 6.45) is 39.4. The molecule has 0 N–H and O–H groups in total. The molecular weight excluding hydrogens is 673 g/mol. The number of unbranched alkanes of at least 4 members (excludes halogenated alkanes) is 26. The molecule has 320 valence electrons. The Morgan fingerprint density at radius 3 is 1.06 bits per heavy atom. The van der Waals surface area contributed by atoms with Gasteiger partial charge in [-0.25, -0.2) is 0 Å². The average Bonchev–Trinajstić information content (AvgIpc) is 3.15. The summed E-state index contributed by atoms with van der Waals surface area (Å²) >= 11 is 0. The fraction of sp³-hybridized carbons (Fsp3) is 0.938. The number of hydrogen-bond donors (Lipinski definition) is 0. The van der Waals surface area contributed by atoms with E-state index in [1.807, 2.05) is 0 Å². The van der Waals surface area contributed by atoms with Crippen LogP contribution in [0.3, 0.4) is 0 Å². The van der Waals surface area contributed by atoms with Gasteiger partial charge in [-0.2, -0.15) is 0 Å². The summed E-state index contributed by atoms with van der Waals surface area (Å²) in [5, 5.41) is 0. The first kappa shape index (κ1) is 52.4. The van der Waals surface area contributed by atoms with Crippen LogP contribution in [0.15, 0.2) is 0 Å². The Hall–Kier alpha value is -1.59. The molecule has 1 unspecified atom stereocenters. The maximum atomic E-state index is 12.7. The summed E-state index contributed by atoms with van der Waals surface area (Å²) in [4.78, 5) is 37.7. The van der Waals surface area contributed by atoms with Crippen molar-refractivity contribution >= 4 is 17.9 Å². The molecule has 54 heavy (non-hydrogen) atoms. The minimum atomic E-state index is -0.760. The predicted octanol–water partition coefficient (Wildman–Crippen LogP) is 15.0. The van der Waals surface area contributed by atoms with Gasteiger partial charge in [0.2, 0.25) is 0 Å². The number of rotatable bonds is 42. The van der Waals surface area contributed by atoms with Crippen molar-refractivity contribution in [1.82, 2.24) is 0 Å². The van der Waals surface area contributed by atoms with Crippen molar-refractivity contribution in [3.8, 4) is 0 Å². The first-order valence-electron chi connectivity index (χ1n) is 23.8. The molecule has 0 saturated heterocycles. The monoisotopic (exact) mass is 765 g/mol. The van der Waals surface area contributed by atoms with Crippen LogP contribution >= 0.6 is 0 Å². The summed E-state index contributed by atoms with van der Waals surface area (Å²) < 4.78 is 16.7. The Balaban J connectivity index is 4.29. The Bertz CT molecular complexity index is 826. The molecule has 0 heterocycles. The van der Waals surface area contributed by atoms with E-state index in [-0.39, 0.29) is 31.1 Å². The lowest BCUT2D eigenvalue weighted by atomic mass is 9.99. The van der Waals surface area contributed by atoms with Gasteiger partial charge in [0, 0.05) is 19.3 Å². The second-order valence-electron chi connectivity index (χ2n) is 17.1. The SMILES string of the molecule is CCCCCCCCCCCC(=O)O[C@H](COC(=O)CCCCCCCCCCCCCCC(C)C)COC(=O)CCCCCCCCCCC(C)CC. The molecule has 0 rings (SSSR count). The number of hydrogen-bond acceptors (Lipinski definition) is 6. The van der Waals surface area contributed by atoms with E-state index in [0.29, 0.717) is 19.3 Å². The highest BCUT2D eigenvalue weighted by molar-refractivity contribution is 5.71. The maximum absolute atomic E-state index is 12.7. The van der Waals surface area contributed by atoms with E-state index in [2.05, 4.69) is 34.6 Å². The maximum Gasteiger partial charge on any atom is 0.306 e. The standard InChI is InChI=1S/C48H92O6/c1-6-8-9-10-11-16-25-30-35-40-48(51)54-45(42-53-47(50)39-34-29-24-20-19-22-27-32-37-44(5)7-2)41-52-46(49)38-33-28-23-18-15-13-12-14-17-21-26-31-36-43(3)4/h43-45H,6-42H2,1-5H3/t44?,45-/m1/s1. The van der Waals surface area contributed by atoms with Crippen LogP contribution < -0.4 is 0 Å². The first-order chi connectivity index (χ1) is 26.3. The van der Waals surface area contributed by atoms with Crippen LogP contribution in [-0.2, 0) is 28.6 Å². The van der Waals surface area contributed by atoms with E-state index in [1.54, 1.807) is 0 Å². The molecule has 0 fully saturated rings. The summed E-state index contributed by atoms with van der Waals surface area (Å²) in [6, 6.07) is 0. The molecule has 0 saturated carbocycles. The largest absolute Gasteiger partial charge is 0.462 e. The molecule has 0 aliphatic heterocycles. The molecule has 2 atom stereocenters. The Kier molecular flexibility index (Phi) is 39.8. The van der Waals surface area contributed by atoms with Crippen LogP contribution in [0.1, 0.15) is 259 Å². The molecular formula is C48H92O6. The normalized spacial score (nSPS) is 12.6. The van der Waals surface area contributed by atoms with Gasteiger partial charge in [0.25, 0.3) is 0 Å². The van der Waals surface area contributed by atoms with Crippen molar-refractivity contribution in [2.24, 2.45) is 11.8 Å². The van der Waals surface area contributed by atoms with E-state index in [0.717, 1.165) is 69.6 Å². The summed E-state index contributed by atoms with van der Waals surface area (Å²) in [7, 11) is 0. The molecule has 6 nitrogen and oxygen atoms in total. The highest BCUT2D eigenvalue weighted by atomic mass is 16.6. The zero-order chi connectivity index (χ0) is 39.7. The van der Waals surface area contributed by atoms with Gasteiger partial charge in [-0.15, -0.1) is 0 Å². The minimum absolute atomic E-state index is 0.0648. The molecule has 0 aliphatic carbocycles. The number of esters is 3. The fourth-order valence-electron chi connectivity index (χ4n) is 7.07. The third kappa shape index (κ3) is 40.1. The van der Waals surface area contributed by atoms with Gasteiger partial charge in [0.1, 0.15) is 13.2 Å². The lowest BCUT2D eigenvalue weighted by Crippen LogP contribution is -2.30. The van der Waals surface area contributed by atoms with E-state index in [9.17, 15) is 14.4 Å².